The molecule has 5 heteroatoms. The summed E-state index contributed by atoms with van der Waals surface area (Å²) in [6.07, 6.45) is 6.15. The summed E-state index contributed by atoms with van der Waals surface area (Å²) in [5.41, 5.74) is 5.26. The molecule has 0 fully saturated rings. The summed E-state index contributed by atoms with van der Waals surface area (Å²) in [6.45, 7) is 11.1. The van der Waals surface area contributed by atoms with Crippen molar-refractivity contribution in [3.63, 3.8) is 0 Å². The maximum absolute atomic E-state index is 3.68. The average Bonchev–Trinajstić information content (AvgIpc) is 3.01. The van der Waals surface area contributed by atoms with E-state index in [9.17, 15) is 0 Å². The minimum absolute atomic E-state index is 0. The number of halogens is 3. The van der Waals surface area contributed by atoms with E-state index in [4.69, 9.17) is 0 Å². The van der Waals surface area contributed by atoms with Crippen molar-refractivity contribution in [3.05, 3.63) is 112 Å². The smallest absolute Gasteiger partial charge is 0.0993 e. The Morgan fingerprint density at radius 1 is 0.636 bits per heavy atom. The van der Waals surface area contributed by atoms with E-state index in [1.54, 1.807) is 0 Å². The van der Waals surface area contributed by atoms with Crippen LogP contribution < -0.4 is 15.6 Å². The normalized spacial score (nSPS) is 14.5. The zero-order valence-electron chi connectivity index (χ0n) is 19.8. The van der Waals surface area contributed by atoms with Crippen LogP contribution in [0.15, 0.2) is 89.6 Å². The maximum Gasteiger partial charge on any atom is 0.0993 e. The molecule has 0 aromatic heterocycles. The summed E-state index contributed by atoms with van der Waals surface area (Å²) >= 11 is 0. The molecule has 0 nitrogen and oxygen atoms in total. The van der Waals surface area contributed by atoms with Gasteiger partial charge < -0.3 is 0 Å². The first-order chi connectivity index (χ1) is 13.9. The Labute approximate surface area is 234 Å². The molecule has 1 atom stereocenters. The van der Waals surface area contributed by atoms with Gasteiger partial charge in [-0.3, -0.25) is 6.08 Å². The van der Waals surface area contributed by atoms with E-state index in [1.165, 1.54) is 43.0 Å². The molecule has 0 amide bonds. The fourth-order valence-corrected chi connectivity index (χ4v) is 10.3. The Hall–Kier alpha value is -1.06. The fourth-order valence-electron chi connectivity index (χ4n) is 4.84. The second kappa shape index (κ2) is 13.1. The Balaban J connectivity index is 0.00000256. The third kappa shape index (κ3) is 6.15. The van der Waals surface area contributed by atoms with E-state index in [0.29, 0.717) is 5.92 Å². The van der Waals surface area contributed by atoms with Crippen molar-refractivity contribution in [2.45, 2.75) is 34.6 Å². The molecule has 174 valence electrons. The van der Waals surface area contributed by atoms with Crippen LogP contribution in [0.25, 0.3) is 0 Å². The summed E-state index contributed by atoms with van der Waals surface area (Å²) < 4.78 is 0. The molecule has 1 aliphatic rings. The van der Waals surface area contributed by atoms with Crippen LogP contribution in [0.4, 0.5) is 0 Å². The minimum Gasteiger partial charge on any atom is -0.267 e. The summed E-state index contributed by atoms with van der Waals surface area (Å²) in [7, 11) is -2.43. The molecule has 3 aromatic carbocycles. The van der Waals surface area contributed by atoms with Crippen LogP contribution in [-0.2, 0) is 21.7 Å². The molecule has 33 heavy (non-hydrogen) atoms. The van der Waals surface area contributed by atoms with Gasteiger partial charge in [0.2, 0.25) is 0 Å². The maximum atomic E-state index is 3.68. The van der Waals surface area contributed by atoms with Crippen molar-refractivity contribution < 1.29 is 21.7 Å². The molecule has 0 heterocycles. The Bertz CT molecular complexity index is 1030. The van der Waals surface area contributed by atoms with E-state index in [1.807, 2.05) is 0 Å². The summed E-state index contributed by atoms with van der Waals surface area (Å²) in [6, 6.07) is 27.6. The van der Waals surface area contributed by atoms with E-state index in [-0.39, 0.29) is 58.9 Å². The molecule has 0 radical (unpaired) electrons. The van der Waals surface area contributed by atoms with Crippen LogP contribution in [0.1, 0.15) is 30.5 Å². The number of rotatable bonds is 4. The van der Waals surface area contributed by atoms with Crippen molar-refractivity contribution in [1.29, 1.82) is 0 Å². The van der Waals surface area contributed by atoms with Crippen molar-refractivity contribution in [1.82, 2.24) is 0 Å². The Kier molecular flexibility index (Phi) is 12.7. The first-order valence-electron chi connectivity index (χ1n) is 10.5. The average molecular weight is 551 g/mol. The quantitative estimate of drug-likeness (QED) is 0.206. The van der Waals surface area contributed by atoms with Gasteiger partial charge in [0.05, 0.1) is 8.07 Å². The van der Waals surface area contributed by atoms with E-state index >= 15 is 0 Å². The van der Waals surface area contributed by atoms with Gasteiger partial charge >= 0.3 is 0 Å². The molecule has 0 saturated carbocycles. The van der Waals surface area contributed by atoms with Crippen LogP contribution in [0, 0.1) is 32.8 Å². The molecular weight excluding hydrogens is 519 g/mol. The molecule has 1 unspecified atom stereocenters. The zero-order chi connectivity index (χ0) is 20.6. The molecule has 0 spiro atoms. The molecule has 0 bridgehead atoms. The van der Waals surface area contributed by atoms with E-state index in [0.717, 1.165) is 0 Å². The number of hydrogen-bond acceptors (Lipinski definition) is 0. The summed E-state index contributed by atoms with van der Waals surface area (Å²) in [5, 5.41) is 5.85. The second-order valence-electron chi connectivity index (χ2n) is 8.50. The molecule has 1 aliphatic carbocycles. The van der Waals surface area contributed by atoms with Gasteiger partial charge in [0.1, 0.15) is 0 Å². The van der Waals surface area contributed by atoms with Crippen LogP contribution >= 0.6 is 37.2 Å². The summed E-state index contributed by atoms with van der Waals surface area (Å²) in [5.74, 6) is 0.358. The van der Waals surface area contributed by atoms with Gasteiger partial charge in [-0.15, -0.1) is 37.2 Å². The van der Waals surface area contributed by atoms with Gasteiger partial charge in [0.25, 0.3) is 0 Å². The van der Waals surface area contributed by atoms with Crippen molar-refractivity contribution in [3.8, 4) is 0 Å². The SMILES string of the molecule is CC1=[C-]C(C)C=C1[Si](c1cccc(C)c1)(c1cccc(C)c1)c1cccc(C)c1.Cl.Cl.Cl.[Ti]. The molecule has 0 aliphatic heterocycles. The van der Waals surface area contributed by atoms with Crippen LogP contribution in [0.5, 0.6) is 0 Å². The topological polar surface area (TPSA) is 0 Å². The summed E-state index contributed by atoms with van der Waals surface area (Å²) in [4.78, 5) is 0. The monoisotopic (exact) mass is 549 g/mol. The third-order valence-corrected chi connectivity index (χ3v) is 10.9. The van der Waals surface area contributed by atoms with Crippen molar-refractivity contribution >= 4 is 60.9 Å². The van der Waals surface area contributed by atoms with Crippen LogP contribution in [0.3, 0.4) is 0 Å². The molecule has 4 rings (SSSR count). The fraction of sp³-hybridized carbons (Fsp3) is 0.214. The first kappa shape index (κ1) is 31.9. The van der Waals surface area contributed by atoms with Crippen molar-refractivity contribution in [2.24, 2.45) is 5.92 Å². The molecular formula is C28H32Cl3SiTi-. The predicted octanol–water partition coefficient (Wildman–Crippen LogP) is 6.21. The van der Waals surface area contributed by atoms with Gasteiger partial charge in [0, 0.05) is 21.7 Å². The predicted molar refractivity (Wildman–Crippen MR) is 150 cm³/mol. The van der Waals surface area contributed by atoms with Crippen molar-refractivity contribution in [2.75, 3.05) is 0 Å². The van der Waals surface area contributed by atoms with Crippen LogP contribution in [-0.4, -0.2) is 8.07 Å². The number of allylic oxidation sites excluding steroid dienone is 4. The van der Waals surface area contributed by atoms with Crippen LogP contribution in [0.2, 0.25) is 0 Å². The molecule has 0 N–H and O–H groups in total. The molecule has 3 aromatic rings. The van der Waals surface area contributed by atoms with E-state index < -0.39 is 8.07 Å². The largest absolute Gasteiger partial charge is 0.267 e. The van der Waals surface area contributed by atoms with Gasteiger partial charge in [0.15, 0.2) is 0 Å². The standard InChI is InChI=1S/C28H29Si.3ClH.Ti/c1-20-9-6-12-25(16-20)29(26-13-7-10-21(2)17-26,27-14-8-11-22(3)18-27)28-19-23(4)15-24(28)5;;;;/h6-14,16-19,23H,1-5H3;3*1H;/q-1;;;;. The number of aryl methyl sites for hydroxylation is 3. The van der Waals surface area contributed by atoms with E-state index in [2.05, 4.69) is 120 Å². The zero-order valence-corrected chi connectivity index (χ0v) is 24.8. The number of hydrogen-bond donors (Lipinski definition) is 0. The molecule has 0 saturated heterocycles. The van der Waals surface area contributed by atoms with Gasteiger partial charge in [-0.1, -0.05) is 125 Å². The number of benzene rings is 3. The first-order valence-corrected chi connectivity index (χ1v) is 12.5. The van der Waals surface area contributed by atoms with Gasteiger partial charge in [-0.2, -0.15) is 11.3 Å². The van der Waals surface area contributed by atoms with Gasteiger partial charge in [-0.05, 0) is 20.8 Å². The van der Waals surface area contributed by atoms with Gasteiger partial charge in [-0.25, -0.2) is 5.57 Å². The minimum atomic E-state index is -2.43. The second-order valence-corrected chi connectivity index (χ2v) is 12.3. The Morgan fingerprint density at radius 3 is 1.27 bits per heavy atom. The Morgan fingerprint density at radius 2 is 1.00 bits per heavy atom. The third-order valence-electron chi connectivity index (χ3n) is 6.02.